The quantitative estimate of drug-likeness (QED) is 0.311. The van der Waals surface area contributed by atoms with E-state index < -0.39 is 0 Å². The average Bonchev–Trinajstić information content (AvgIpc) is 3.24. The van der Waals surface area contributed by atoms with Crippen LogP contribution in [0.1, 0.15) is 19.4 Å². The van der Waals surface area contributed by atoms with Gasteiger partial charge in [-0.1, -0.05) is 23.9 Å². The summed E-state index contributed by atoms with van der Waals surface area (Å²) in [5.41, 5.74) is 5.10. The molecule has 0 spiro atoms. The number of hydrazone groups is 1. The van der Waals surface area contributed by atoms with Crippen LogP contribution in [0.4, 0.5) is 0 Å². The van der Waals surface area contributed by atoms with E-state index in [0.717, 1.165) is 28.5 Å². The maximum Gasteiger partial charge on any atom is 0.250 e. The van der Waals surface area contributed by atoms with E-state index in [0.29, 0.717) is 17.4 Å². The van der Waals surface area contributed by atoms with Gasteiger partial charge in [0.25, 0.3) is 5.91 Å². The van der Waals surface area contributed by atoms with Gasteiger partial charge in [0.2, 0.25) is 0 Å². The Morgan fingerprint density at radius 3 is 2.52 bits per heavy atom. The molecule has 0 fully saturated rings. The van der Waals surface area contributed by atoms with Crippen LogP contribution in [0.15, 0.2) is 58.8 Å². The third kappa shape index (κ3) is 5.64. The molecule has 8 nitrogen and oxygen atoms in total. The van der Waals surface area contributed by atoms with Gasteiger partial charge in [0.1, 0.15) is 11.5 Å². The lowest BCUT2D eigenvalue weighted by molar-refractivity contribution is -0.118. The van der Waals surface area contributed by atoms with Crippen LogP contribution in [-0.2, 0) is 11.3 Å². The van der Waals surface area contributed by atoms with Gasteiger partial charge in [-0.2, -0.15) is 5.10 Å². The highest BCUT2D eigenvalue weighted by molar-refractivity contribution is 7.99. The van der Waals surface area contributed by atoms with Crippen molar-refractivity contribution in [2.75, 3.05) is 20.0 Å². The molecular formula is C22H25N5O3S. The Morgan fingerprint density at radius 1 is 1.10 bits per heavy atom. The van der Waals surface area contributed by atoms with Gasteiger partial charge in [-0.05, 0) is 50.2 Å². The highest BCUT2D eigenvalue weighted by Crippen LogP contribution is 2.25. The number of rotatable bonds is 9. The number of nitrogens with one attached hydrogen (secondary N) is 1. The molecule has 0 atom stereocenters. The lowest BCUT2D eigenvalue weighted by atomic mass is 10.1. The van der Waals surface area contributed by atoms with E-state index in [4.69, 9.17) is 9.47 Å². The molecule has 1 N–H and O–H groups in total. The number of benzene rings is 2. The second kappa shape index (κ2) is 10.6. The fourth-order valence-electron chi connectivity index (χ4n) is 2.86. The van der Waals surface area contributed by atoms with Crippen molar-refractivity contribution in [3.63, 3.8) is 0 Å². The second-order valence-electron chi connectivity index (χ2n) is 6.53. The van der Waals surface area contributed by atoms with Crippen molar-refractivity contribution < 1.29 is 14.3 Å². The minimum absolute atomic E-state index is 0.176. The van der Waals surface area contributed by atoms with Gasteiger partial charge in [0.05, 0.1) is 25.7 Å². The number of aromatic nitrogens is 3. The SMILES string of the molecule is CCn1c(SCC(=O)N/N=C(/C)c2cccc(OC)c2)nnc1-c1ccc(OC)cc1. The van der Waals surface area contributed by atoms with Crippen LogP contribution < -0.4 is 14.9 Å². The summed E-state index contributed by atoms with van der Waals surface area (Å²) in [6, 6.07) is 15.1. The summed E-state index contributed by atoms with van der Waals surface area (Å²) in [5.74, 6) is 2.22. The summed E-state index contributed by atoms with van der Waals surface area (Å²) in [6.07, 6.45) is 0. The molecule has 9 heteroatoms. The third-order valence-corrected chi connectivity index (χ3v) is 5.52. The van der Waals surface area contributed by atoms with Crippen molar-refractivity contribution in [3.8, 4) is 22.9 Å². The number of methoxy groups -OCH3 is 2. The van der Waals surface area contributed by atoms with Gasteiger partial charge in [-0.15, -0.1) is 10.2 Å². The number of carbonyl (C=O) groups excluding carboxylic acids is 1. The molecule has 0 aliphatic heterocycles. The molecule has 31 heavy (non-hydrogen) atoms. The lowest BCUT2D eigenvalue weighted by Crippen LogP contribution is -2.21. The summed E-state index contributed by atoms with van der Waals surface area (Å²) in [7, 11) is 3.24. The van der Waals surface area contributed by atoms with E-state index in [1.54, 1.807) is 14.2 Å². The van der Waals surface area contributed by atoms with Crippen LogP contribution >= 0.6 is 11.8 Å². The number of nitrogens with zero attached hydrogens (tertiary/aromatic N) is 4. The molecule has 3 rings (SSSR count). The molecule has 0 saturated heterocycles. The third-order valence-electron chi connectivity index (χ3n) is 4.55. The molecule has 3 aromatic rings. The van der Waals surface area contributed by atoms with Crippen molar-refractivity contribution in [3.05, 3.63) is 54.1 Å². The summed E-state index contributed by atoms with van der Waals surface area (Å²) in [5, 5.41) is 13.4. The van der Waals surface area contributed by atoms with Crippen LogP contribution in [0.25, 0.3) is 11.4 Å². The molecule has 2 aromatic carbocycles. The second-order valence-corrected chi connectivity index (χ2v) is 7.47. The summed E-state index contributed by atoms with van der Waals surface area (Å²) < 4.78 is 12.4. The molecule has 162 valence electrons. The Balaban J connectivity index is 1.62. The molecular weight excluding hydrogens is 414 g/mol. The molecule has 0 aliphatic carbocycles. The average molecular weight is 440 g/mol. The van der Waals surface area contributed by atoms with Crippen molar-refractivity contribution >= 4 is 23.4 Å². The minimum atomic E-state index is -0.219. The zero-order valence-corrected chi connectivity index (χ0v) is 18.8. The monoisotopic (exact) mass is 439 g/mol. The number of amides is 1. The summed E-state index contributed by atoms with van der Waals surface area (Å²) in [4.78, 5) is 12.3. The minimum Gasteiger partial charge on any atom is -0.497 e. The van der Waals surface area contributed by atoms with Gasteiger partial charge in [0.15, 0.2) is 11.0 Å². The highest BCUT2D eigenvalue weighted by atomic mass is 32.2. The van der Waals surface area contributed by atoms with E-state index >= 15 is 0 Å². The predicted octanol–water partition coefficient (Wildman–Crippen LogP) is 3.61. The van der Waals surface area contributed by atoms with Gasteiger partial charge in [0, 0.05) is 17.7 Å². The number of ether oxygens (including phenoxy) is 2. The van der Waals surface area contributed by atoms with Crippen LogP contribution in [0.2, 0.25) is 0 Å². The fourth-order valence-corrected chi connectivity index (χ4v) is 3.65. The predicted molar refractivity (Wildman–Crippen MR) is 122 cm³/mol. The first-order valence-electron chi connectivity index (χ1n) is 9.73. The largest absolute Gasteiger partial charge is 0.497 e. The normalized spacial score (nSPS) is 11.3. The molecule has 0 bridgehead atoms. The number of hydrogen-bond acceptors (Lipinski definition) is 7. The Labute approximate surface area is 185 Å². The first-order chi connectivity index (χ1) is 15.0. The molecule has 1 heterocycles. The Kier molecular flexibility index (Phi) is 7.66. The molecule has 1 amide bonds. The first kappa shape index (κ1) is 22.4. The number of hydrogen-bond donors (Lipinski definition) is 1. The number of thioether (sulfide) groups is 1. The highest BCUT2D eigenvalue weighted by Gasteiger charge is 2.14. The van der Waals surface area contributed by atoms with E-state index in [1.807, 2.05) is 66.9 Å². The van der Waals surface area contributed by atoms with Crippen molar-refractivity contribution in [2.24, 2.45) is 5.10 Å². The lowest BCUT2D eigenvalue weighted by Gasteiger charge is -2.08. The molecule has 0 radical (unpaired) electrons. The van der Waals surface area contributed by atoms with E-state index in [-0.39, 0.29) is 11.7 Å². The van der Waals surface area contributed by atoms with E-state index in [2.05, 4.69) is 20.7 Å². The van der Waals surface area contributed by atoms with Gasteiger partial charge < -0.3 is 14.0 Å². The van der Waals surface area contributed by atoms with Gasteiger partial charge in [-0.3, -0.25) is 4.79 Å². The zero-order valence-electron chi connectivity index (χ0n) is 18.0. The molecule has 0 saturated carbocycles. The molecule has 1 aromatic heterocycles. The maximum absolute atomic E-state index is 12.3. The standard InChI is InChI=1S/C22H25N5O3S/c1-5-27-21(16-9-11-18(29-3)12-10-16)25-26-22(27)31-14-20(28)24-23-15(2)17-7-6-8-19(13-17)30-4/h6-13H,5,14H2,1-4H3,(H,24,28)/b23-15-. The van der Waals surface area contributed by atoms with Crippen molar-refractivity contribution in [1.29, 1.82) is 0 Å². The first-order valence-corrected chi connectivity index (χ1v) is 10.7. The Hall–Kier alpha value is -3.33. The van der Waals surface area contributed by atoms with E-state index in [9.17, 15) is 4.79 Å². The van der Waals surface area contributed by atoms with E-state index in [1.165, 1.54) is 11.8 Å². The van der Waals surface area contributed by atoms with Crippen LogP contribution in [0.3, 0.4) is 0 Å². The van der Waals surface area contributed by atoms with Crippen LogP contribution in [-0.4, -0.2) is 46.4 Å². The van der Waals surface area contributed by atoms with Crippen molar-refractivity contribution in [1.82, 2.24) is 20.2 Å². The Morgan fingerprint density at radius 2 is 1.84 bits per heavy atom. The van der Waals surface area contributed by atoms with Crippen LogP contribution in [0.5, 0.6) is 11.5 Å². The smallest absolute Gasteiger partial charge is 0.250 e. The van der Waals surface area contributed by atoms with Crippen LogP contribution in [0, 0.1) is 0 Å². The van der Waals surface area contributed by atoms with Gasteiger partial charge in [-0.25, -0.2) is 5.43 Å². The van der Waals surface area contributed by atoms with Gasteiger partial charge >= 0.3 is 0 Å². The summed E-state index contributed by atoms with van der Waals surface area (Å²) >= 11 is 1.32. The maximum atomic E-state index is 12.3. The Bertz CT molecular complexity index is 1060. The van der Waals surface area contributed by atoms with Crippen molar-refractivity contribution in [2.45, 2.75) is 25.5 Å². The topological polar surface area (TPSA) is 90.6 Å². The number of carbonyl (C=O) groups is 1. The molecule has 0 aliphatic rings. The zero-order chi connectivity index (χ0) is 22.2. The summed E-state index contributed by atoms with van der Waals surface area (Å²) in [6.45, 7) is 4.53. The fraction of sp³-hybridized carbons (Fsp3) is 0.273. The molecule has 0 unspecified atom stereocenters.